The van der Waals surface area contributed by atoms with Crippen molar-refractivity contribution >= 4 is 0 Å². The molecule has 0 aromatic rings. The van der Waals surface area contributed by atoms with E-state index in [9.17, 15) is 0 Å². The Morgan fingerprint density at radius 2 is 1.60 bits per heavy atom. The van der Waals surface area contributed by atoms with Crippen LogP contribution in [0.15, 0.2) is 0 Å². The van der Waals surface area contributed by atoms with Gasteiger partial charge < -0.3 is 5.73 Å². The Kier molecular flexibility index (Phi) is 2.85. The molecule has 2 nitrogen and oxygen atoms in total. The van der Waals surface area contributed by atoms with E-state index in [0.717, 1.165) is 12.1 Å². The van der Waals surface area contributed by atoms with Gasteiger partial charge in [-0.15, -0.1) is 0 Å². The van der Waals surface area contributed by atoms with Crippen molar-refractivity contribution in [3.63, 3.8) is 0 Å². The summed E-state index contributed by atoms with van der Waals surface area (Å²) in [4.78, 5) is 2.77. The fraction of sp³-hybridized carbons (Fsp3) is 1.00. The first-order chi connectivity index (χ1) is 6.89. The van der Waals surface area contributed by atoms with E-state index in [-0.39, 0.29) is 0 Å². The lowest BCUT2D eigenvalue weighted by molar-refractivity contribution is 0.0314. The fourth-order valence-corrected chi connectivity index (χ4v) is 3.34. The number of nitrogens with two attached hydrogens (primary N) is 1. The average Bonchev–Trinajstić information content (AvgIpc) is 2.35. The van der Waals surface area contributed by atoms with Crippen molar-refractivity contribution in [3.8, 4) is 0 Å². The van der Waals surface area contributed by atoms with E-state index >= 15 is 0 Å². The van der Waals surface area contributed by atoms with Gasteiger partial charge in [0.15, 0.2) is 0 Å². The van der Waals surface area contributed by atoms with E-state index in [1.165, 1.54) is 25.7 Å². The molecule has 0 aromatic heterocycles. The molecule has 15 heavy (non-hydrogen) atoms. The maximum atomic E-state index is 6.10. The third kappa shape index (κ3) is 2.07. The molecular formula is C13H26N2. The molecule has 2 aliphatic rings. The fourth-order valence-electron chi connectivity index (χ4n) is 3.34. The van der Waals surface area contributed by atoms with Crippen LogP contribution in [-0.4, -0.2) is 29.1 Å². The lowest BCUT2D eigenvalue weighted by atomic mass is 9.84. The summed E-state index contributed by atoms with van der Waals surface area (Å²) >= 11 is 0. The molecule has 2 aliphatic heterocycles. The van der Waals surface area contributed by atoms with Gasteiger partial charge in [-0.05, 0) is 38.0 Å². The van der Waals surface area contributed by atoms with Crippen LogP contribution in [0.2, 0.25) is 0 Å². The van der Waals surface area contributed by atoms with Crippen LogP contribution in [0.5, 0.6) is 0 Å². The standard InChI is InChI=1S/C13H26N2/c1-9(13(2,3)4)15-11-5-6-12(15)8-10(14)7-11/h9-12H,5-8,14H2,1-4H3. The lowest BCUT2D eigenvalue weighted by Gasteiger charge is -2.46. The summed E-state index contributed by atoms with van der Waals surface area (Å²) in [6.07, 6.45) is 5.19. The second-order valence-electron chi connectivity index (χ2n) is 6.61. The largest absolute Gasteiger partial charge is 0.328 e. The monoisotopic (exact) mass is 210 g/mol. The second kappa shape index (κ2) is 3.74. The minimum atomic E-state index is 0.391. The van der Waals surface area contributed by atoms with Crippen molar-refractivity contribution in [3.05, 3.63) is 0 Å². The summed E-state index contributed by atoms with van der Waals surface area (Å²) in [6.45, 7) is 9.45. The zero-order chi connectivity index (χ0) is 11.2. The molecule has 2 N–H and O–H groups in total. The summed E-state index contributed by atoms with van der Waals surface area (Å²) in [5, 5.41) is 0. The van der Waals surface area contributed by atoms with Crippen LogP contribution in [0.25, 0.3) is 0 Å². The highest BCUT2D eigenvalue weighted by atomic mass is 15.3. The third-order valence-electron chi connectivity index (χ3n) is 4.53. The molecule has 2 bridgehead atoms. The summed E-state index contributed by atoms with van der Waals surface area (Å²) in [6, 6.07) is 2.69. The number of hydrogen-bond donors (Lipinski definition) is 1. The Labute approximate surface area is 94.2 Å². The van der Waals surface area contributed by atoms with Crippen molar-refractivity contribution in [2.75, 3.05) is 0 Å². The lowest BCUT2D eigenvalue weighted by Crippen LogP contribution is -2.54. The van der Waals surface area contributed by atoms with Gasteiger partial charge in [-0.25, -0.2) is 0 Å². The van der Waals surface area contributed by atoms with Crippen molar-refractivity contribution in [2.24, 2.45) is 11.1 Å². The van der Waals surface area contributed by atoms with Crippen LogP contribution in [0.1, 0.15) is 53.4 Å². The highest BCUT2D eigenvalue weighted by Gasteiger charge is 2.44. The maximum Gasteiger partial charge on any atom is 0.0121 e. The highest BCUT2D eigenvalue weighted by Crippen LogP contribution is 2.40. The van der Waals surface area contributed by atoms with Gasteiger partial charge in [-0.1, -0.05) is 20.8 Å². The summed E-state index contributed by atoms with van der Waals surface area (Å²) in [5.41, 5.74) is 6.49. The minimum Gasteiger partial charge on any atom is -0.328 e. The number of piperidine rings is 1. The van der Waals surface area contributed by atoms with Crippen molar-refractivity contribution in [1.82, 2.24) is 4.90 Å². The van der Waals surface area contributed by atoms with E-state index in [1.54, 1.807) is 0 Å². The number of hydrogen-bond acceptors (Lipinski definition) is 2. The molecule has 2 saturated heterocycles. The maximum absolute atomic E-state index is 6.10. The van der Waals surface area contributed by atoms with Gasteiger partial charge in [0.05, 0.1) is 0 Å². The van der Waals surface area contributed by atoms with E-state index in [0.29, 0.717) is 17.5 Å². The Hall–Kier alpha value is -0.0800. The Bertz CT molecular complexity index is 217. The average molecular weight is 210 g/mol. The summed E-state index contributed by atoms with van der Waals surface area (Å²) in [5.74, 6) is 0. The van der Waals surface area contributed by atoms with Crippen LogP contribution in [0.4, 0.5) is 0 Å². The molecule has 2 heteroatoms. The SMILES string of the molecule is CC(N1C2CCC1CC(N)C2)C(C)(C)C. The molecule has 2 heterocycles. The molecule has 0 radical (unpaired) electrons. The molecule has 88 valence electrons. The van der Waals surface area contributed by atoms with Crippen LogP contribution in [0, 0.1) is 5.41 Å². The zero-order valence-corrected chi connectivity index (χ0v) is 10.7. The van der Waals surface area contributed by atoms with E-state index < -0.39 is 0 Å². The molecule has 0 amide bonds. The number of nitrogens with zero attached hydrogens (tertiary/aromatic N) is 1. The number of fused-ring (bicyclic) bond motifs is 2. The van der Waals surface area contributed by atoms with Gasteiger partial charge in [0.2, 0.25) is 0 Å². The summed E-state index contributed by atoms with van der Waals surface area (Å²) in [7, 11) is 0. The van der Waals surface area contributed by atoms with Crippen LogP contribution >= 0.6 is 0 Å². The molecule has 2 rings (SSSR count). The molecule has 0 aliphatic carbocycles. The molecule has 0 aromatic carbocycles. The molecule has 0 saturated carbocycles. The van der Waals surface area contributed by atoms with Gasteiger partial charge in [0.1, 0.15) is 0 Å². The smallest absolute Gasteiger partial charge is 0.0121 e. The number of rotatable bonds is 1. The van der Waals surface area contributed by atoms with Crippen molar-refractivity contribution in [1.29, 1.82) is 0 Å². The normalized spacial score (nSPS) is 39.4. The zero-order valence-electron chi connectivity index (χ0n) is 10.7. The predicted octanol–water partition coefficient (Wildman–Crippen LogP) is 2.38. The van der Waals surface area contributed by atoms with Gasteiger partial charge in [0.25, 0.3) is 0 Å². The van der Waals surface area contributed by atoms with Crippen LogP contribution < -0.4 is 5.73 Å². The van der Waals surface area contributed by atoms with Gasteiger partial charge >= 0.3 is 0 Å². The Balaban J connectivity index is 2.11. The first-order valence-corrected chi connectivity index (χ1v) is 6.42. The first-order valence-electron chi connectivity index (χ1n) is 6.42. The third-order valence-corrected chi connectivity index (χ3v) is 4.53. The van der Waals surface area contributed by atoms with Gasteiger partial charge in [-0.3, -0.25) is 4.90 Å². The van der Waals surface area contributed by atoms with Crippen molar-refractivity contribution in [2.45, 2.75) is 77.5 Å². The van der Waals surface area contributed by atoms with E-state index in [2.05, 4.69) is 32.6 Å². The minimum absolute atomic E-state index is 0.391. The molecule has 3 unspecified atom stereocenters. The predicted molar refractivity (Wildman–Crippen MR) is 64.8 cm³/mol. The first kappa shape index (κ1) is 11.4. The molecular weight excluding hydrogens is 184 g/mol. The molecule has 2 fully saturated rings. The Morgan fingerprint density at radius 1 is 1.13 bits per heavy atom. The molecule has 3 atom stereocenters. The van der Waals surface area contributed by atoms with Gasteiger partial charge in [-0.2, -0.15) is 0 Å². The van der Waals surface area contributed by atoms with Gasteiger partial charge in [0, 0.05) is 24.2 Å². The van der Waals surface area contributed by atoms with Crippen LogP contribution in [0.3, 0.4) is 0 Å². The summed E-state index contributed by atoms with van der Waals surface area (Å²) < 4.78 is 0. The van der Waals surface area contributed by atoms with Crippen molar-refractivity contribution < 1.29 is 0 Å². The molecule has 0 spiro atoms. The second-order valence-corrected chi connectivity index (χ2v) is 6.61. The quantitative estimate of drug-likeness (QED) is 0.720. The van der Waals surface area contributed by atoms with E-state index in [4.69, 9.17) is 5.73 Å². The Morgan fingerprint density at radius 3 is 2.00 bits per heavy atom. The highest BCUT2D eigenvalue weighted by molar-refractivity contribution is 5.00. The van der Waals surface area contributed by atoms with E-state index in [1.807, 2.05) is 0 Å². The van der Waals surface area contributed by atoms with Crippen LogP contribution in [-0.2, 0) is 0 Å². The topological polar surface area (TPSA) is 29.3 Å².